The smallest absolute Gasteiger partial charge is 0.311 e. The number of pyridine rings is 1. The van der Waals surface area contributed by atoms with Crippen LogP contribution in [-0.4, -0.2) is 29.0 Å². The van der Waals surface area contributed by atoms with Crippen molar-refractivity contribution >= 4 is 11.5 Å². The third kappa shape index (κ3) is 2.43. The van der Waals surface area contributed by atoms with E-state index in [1.54, 1.807) is 12.3 Å². The first kappa shape index (κ1) is 12.8. The largest absolute Gasteiger partial charge is 0.348 e. The summed E-state index contributed by atoms with van der Waals surface area (Å²) in [4.78, 5) is 16.9. The third-order valence-electron chi connectivity index (χ3n) is 3.55. The van der Waals surface area contributed by atoms with Crippen molar-refractivity contribution in [1.82, 2.24) is 4.98 Å². The molecule has 1 saturated heterocycles. The summed E-state index contributed by atoms with van der Waals surface area (Å²) in [5, 5.41) is 11.0. The first-order chi connectivity index (χ1) is 8.63. The third-order valence-corrected chi connectivity index (χ3v) is 3.55. The molecular formula is C12H18N4O2. The topological polar surface area (TPSA) is 85.3 Å². The maximum Gasteiger partial charge on any atom is 0.311 e. The Balaban J connectivity index is 2.31. The van der Waals surface area contributed by atoms with Gasteiger partial charge in [0.15, 0.2) is 0 Å². The van der Waals surface area contributed by atoms with Gasteiger partial charge in [-0.25, -0.2) is 4.98 Å². The monoisotopic (exact) mass is 250 g/mol. The number of anilines is 1. The van der Waals surface area contributed by atoms with Gasteiger partial charge in [-0.05, 0) is 38.3 Å². The van der Waals surface area contributed by atoms with Crippen molar-refractivity contribution in [2.24, 2.45) is 11.7 Å². The van der Waals surface area contributed by atoms with Crippen LogP contribution in [0.5, 0.6) is 0 Å². The maximum absolute atomic E-state index is 11.0. The lowest BCUT2D eigenvalue weighted by atomic mass is 9.93. The molecule has 2 atom stereocenters. The van der Waals surface area contributed by atoms with Crippen LogP contribution >= 0.6 is 0 Å². The first-order valence-corrected chi connectivity index (χ1v) is 6.19. The summed E-state index contributed by atoms with van der Waals surface area (Å²) in [6, 6.07) is 3.36. The van der Waals surface area contributed by atoms with Crippen LogP contribution in [0.1, 0.15) is 19.8 Å². The minimum Gasteiger partial charge on any atom is -0.348 e. The summed E-state index contributed by atoms with van der Waals surface area (Å²) in [5.74, 6) is 0.857. The van der Waals surface area contributed by atoms with Gasteiger partial charge in [-0.2, -0.15) is 0 Å². The summed E-state index contributed by atoms with van der Waals surface area (Å²) in [6.45, 7) is 3.44. The normalized spacial score (nSPS) is 24.0. The average molecular weight is 250 g/mol. The Bertz CT molecular complexity index is 438. The molecule has 18 heavy (non-hydrogen) atoms. The molecule has 1 aromatic heterocycles. The van der Waals surface area contributed by atoms with Gasteiger partial charge in [0.2, 0.25) is 5.82 Å². The maximum atomic E-state index is 11.0. The quantitative estimate of drug-likeness (QED) is 0.650. The number of nitrogens with zero attached hydrogens (tertiary/aromatic N) is 3. The van der Waals surface area contributed by atoms with Crippen molar-refractivity contribution < 1.29 is 4.92 Å². The van der Waals surface area contributed by atoms with Crippen molar-refractivity contribution in [1.29, 1.82) is 0 Å². The molecule has 98 valence electrons. The number of nitro groups is 1. The van der Waals surface area contributed by atoms with Crippen LogP contribution in [0.25, 0.3) is 0 Å². The van der Waals surface area contributed by atoms with Crippen LogP contribution in [0, 0.1) is 16.0 Å². The van der Waals surface area contributed by atoms with Crippen LogP contribution in [-0.2, 0) is 0 Å². The Kier molecular flexibility index (Phi) is 3.76. The van der Waals surface area contributed by atoms with Crippen LogP contribution in [0.4, 0.5) is 11.5 Å². The second-order valence-electron chi connectivity index (χ2n) is 4.78. The van der Waals surface area contributed by atoms with E-state index >= 15 is 0 Å². The highest BCUT2D eigenvalue weighted by molar-refractivity contribution is 5.58. The SMILES string of the molecule is CC1CCC(CN)CN1c1ncccc1[N+](=O)[O-]. The summed E-state index contributed by atoms with van der Waals surface area (Å²) in [7, 11) is 0. The molecule has 1 aliphatic heterocycles. The van der Waals surface area contributed by atoms with Crippen molar-refractivity contribution in [3.8, 4) is 0 Å². The van der Waals surface area contributed by atoms with E-state index in [-0.39, 0.29) is 16.7 Å². The van der Waals surface area contributed by atoms with Crippen LogP contribution in [0.15, 0.2) is 18.3 Å². The Morgan fingerprint density at radius 2 is 2.39 bits per heavy atom. The summed E-state index contributed by atoms with van der Waals surface area (Å²) in [5.41, 5.74) is 5.78. The van der Waals surface area contributed by atoms with Crippen molar-refractivity contribution in [2.75, 3.05) is 18.0 Å². The minimum atomic E-state index is -0.374. The molecule has 0 aromatic carbocycles. The summed E-state index contributed by atoms with van der Waals surface area (Å²) in [6.07, 6.45) is 3.67. The minimum absolute atomic E-state index is 0.0713. The van der Waals surface area contributed by atoms with E-state index in [2.05, 4.69) is 11.9 Å². The Labute approximate surface area is 106 Å². The van der Waals surface area contributed by atoms with Gasteiger partial charge in [0.25, 0.3) is 0 Å². The molecule has 0 bridgehead atoms. The molecule has 6 nitrogen and oxygen atoms in total. The van der Waals surface area contributed by atoms with E-state index in [1.165, 1.54) is 6.07 Å². The molecule has 1 fully saturated rings. The fourth-order valence-electron chi connectivity index (χ4n) is 2.42. The summed E-state index contributed by atoms with van der Waals surface area (Å²) < 4.78 is 0. The van der Waals surface area contributed by atoms with E-state index in [1.807, 2.05) is 4.90 Å². The number of aromatic nitrogens is 1. The van der Waals surface area contributed by atoms with E-state index in [0.717, 1.165) is 19.4 Å². The molecule has 6 heteroatoms. The molecular weight excluding hydrogens is 232 g/mol. The number of piperidine rings is 1. The molecule has 0 saturated carbocycles. The number of rotatable bonds is 3. The second-order valence-corrected chi connectivity index (χ2v) is 4.78. The number of nitrogens with two attached hydrogens (primary N) is 1. The predicted molar refractivity (Wildman–Crippen MR) is 69.5 cm³/mol. The van der Waals surface area contributed by atoms with Gasteiger partial charge in [0, 0.05) is 24.8 Å². The van der Waals surface area contributed by atoms with Crippen molar-refractivity contribution in [3.05, 3.63) is 28.4 Å². The highest BCUT2D eigenvalue weighted by Crippen LogP contribution is 2.31. The Morgan fingerprint density at radius 3 is 3.06 bits per heavy atom. The highest BCUT2D eigenvalue weighted by atomic mass is 16.6. The van der Waals surface area contributed by atoms with Gasteiger partial charge >= 0.3 is 5.69 Å². The molecule has 0 radical (unpaired) electrons. The Morgan fingerprint density at radius 1 is 1.61 bits per heavy atom. The zero-order valence-corrected chi connectivity index (χ0v) is 10.5. The summed E-state index contributed by atoms with van der Waals surface area (Å²) >= 11 is 0. The lowest BCUT2D eigenvalue weighted by Crippen LogP contribution is -2.44. The highest BCUT2D eigenvalue weighted by Gasteiger charge is 2.30. The lowest BCUT2D eigenvalue weighted by molar-refractivity contribution is -0.384. The van der Waals surface area contributed by atoms with E-state index in [0.29, 0.717) is 18.3 Å². The van der Waals surface area contributed by atoms with Crippen LogP contribution in [0.3, 0.4) is 0 Å². The van der Waals surface area contributed by atoms with Gasteiger partial charge < -0.3 is 10.6 Å². The molecule has 2 rings (SSSR count). The molecule has 2 heterocycles. The van der Waals surface area contributed by atoms with E-state index in [4.69, 9.17) is 5.73 Å². The Hall–Kier alpha value is -1.69. The second kappa shape index (κ2) is 5.30. The van der Waals surface area contributed by atoms with Crippen molar-refractivity contribution in [2.45, 2.75) is 25.8 Å². The van der Waals surface area contributed by atoms with E-state index in [9.17, 15) is 10.1 Å². The van der Waals surface area contributed by atoms with Crippen LogP contribution in [0.2, 0.25) is 0 Å². The zero-order chi connectivity index (χ0) is 13.1. The fraction of sp³-hybridized carbons (Fsp3) is 0.583. The first-order valence-electron chi connectivity index (χ1n) is 6.19. The fourth-order valence-corrected chi connectivity index (χ4v) is 2.42. The van der Waals surface area contributed by atoms with Gasteiger partial charge in [-0.15, -0.1) is 0 Å². The molecule has 1 aliphatic rings. The molecule has 0 aliphatic carbocycles. The number of hydrogen-bond donors (Lipinski definition) is 1. The molecule has 1 aromatic rings. The van der Waals surface area contributed by atoms with Gasteiger partial charge in [-0.1, -0.05) is 0 Å². The molecule has 0 spiro atoms. The van der Waals surface area contributed by atoms with Crippen molar-refractivity contribution in [3.63, 3.8) is 0 Å². The van der Waals surface area contributed by atoms with Gasteiger partial charge in [-0.3, -0.25) is 10.1 Å². The van der Waals surface area contributed by atoms with Gasteiger partial charge in [0.1, 0.15) is 0 Å². The molecule has 0 amide bonds. The zero-order valence-electron chi connectivity index (χ0n) is 10.5. The van der Waals surface area contributed by atoms with Crippen LogP contribution < -0.4 is 10.6 Å². The molecule has 2 N–H and O–H groups in total. The molecule has 2 unspecified atom stereocenters. The standard InChI is InChI=1S/C12H18N4O2/c1-9-4-5-10(7-13)8-15(9)12-11(16(17)18)3-2-6-14-12/h2-3,6,9-10H,4-5,7-8,13H2,1H3. The lowest BCUT2D eigenvalue weighted by Gasteiger charge is -2.38. The predicted octanol–water partition coefficient (Wildman–Crippen LogP) is 1.55. The van der Waals surface area contributed by atoms with Gasteiger partial charge in [0.05, 0.1) is 4.92 Å². The number of hydrogen-bond acceptors (Lipinski definition) is 5. The average Bonchev–Trinajstić information content (AvgIpc) is 2.39. The van der Waals surface area contributed by atoms with E-state index < -0.39 is 0 Å².